The molecular formula is C10H19NO5S. The van der Waals surface area contributed by atoms with Gasteiger partial charge in [0.15, 0.2) is 0 Å². The van der Waals surface area contributed by atoms with Gasteiger partial charge < -0.3 is 9.90 Å². The topological polar surface area (TPSA) is 83.5 Å². The molecule has 1 aliphatic heterocycles. The van der Waals surface area contributed by atoms with E-state index in [4.69, 9.17) is 4.18 Å². The van der Waals surface area contributed by atoms with Crippen molar-refractivity contribution in [1.82, 2.24) is 0 Å². The fourth-order valence-corrected chi connectivity index (χ4v) is 2.92. The van der Waals surface area contributed by atoms with Gasteiger partial charge in [-0.1, -0.05) is 0 Å². The van der Waals surface area contributed by atoms with E-state index < -0.39 is 27.9 Å². The number of hydrogen-bond donors (Lipinski definition) is 0. The molecule has 0 bridgehead atoms. The average molecular weight is 265 g/mol. The molecule has 1 aliphatic rings. The van der Waals surface area contributed by atoms with Crippen LogP contribution in [0.25, 0.3) is 0 Å². The van der Waals surface area contributed by atoms with E-state index in [1.165, 1.54) is 0 Å². The van der Waals surface area contributed by atoms with E-state index in [2.05, 4.69) is 0 Å². The molecule has 0 aromatic carbocycles. The highest BCUT2D eigenvalue weighted by molar-refractivity contribution is 7.86. The SMILES string of the molecule is CC(C)(C)[N+]1(C(=O)[O-])CC[C@H](OS(C)(=O)=O)C1. The first-order valence-corrected chi connectivity index (χ1v) is 7.26. The molecule has 0 aromatic rings. The number of rotatable bonds is 2. The Balaban J connectivity index is 2.91. The van der Waals surface area contributed by atoms with Gasteiger partial charge >= 0.3 is 0 Å². The summed E-state index contributed by atoms with van der Waals surface area (Å²) in [6.45, 7) is 5.84. The molecule has 0 aromatic heterocycles. The molecular weight excluding hydrogens is 246 g/mol. The monoisotopic (exact) mass is 265 g/mol. The van der Waals surface area contributed by atoms with Gasteiger partial charge in [0.25, 0.3) is 16.2 Å². The molecule has 1 heterocycles. The summed E-state index contributed by atoms with van der Waals surface area (Å²) < 4.78 is 26.6. The normalized spacial score (nSPS) is 30.5. The number of carbonyl (C=O) groups is 1. The second-order valence-corrected chi connectivity index (χ2v) is 7.12. The first kappa shape index (κ1) is 14.4. The zero-order chi connectivity index (χ0) is 13.5. The van der Waals surface area contributed by atoms with Gasteiger partial charge in [-0.2, -0.15) is 8.42 Å². The van der Waals surface area contributed by atoms with Crippen LogP contribution < -0.4 is 5.11 Å². The van der Waals surface area contributed by atoms with Gasteiger partial charge in [-0.25, -0.2) is 0 Å². The molecule has 1 amide bonds. The zero-order valence-electron chi connectivity index (χ0n) is 10.6. The van der Waals surface area contributed by atoms with Crippen molar-refractivity contribution in [2.24, 2.45) is 0 Å². The Morgan fingerprint density at radius 1 is 1.41 bits per heavy atom. The lowest BCUT2D eigenvalue weighted by molar-refractivity contribution is -0.909. The highest BCUT2D eigenvalue weighted by Gasteiger charge is 2.49. The van der Waals surface area contributed by atoms with Crippen LogP contribution in [0.15, 0.2) is 0 Å². The quantitative estimate of drug-likeness (QED) is 0.505. The Morgan fingerprint density at radius 3 is 2.24 bits per heavy atom. The molecule has 1 rings (SSSR count). The number of nitrogens with zero attached hydrogens (tertiary/aromatic N) is 1. The van der Waals surface area contributed by atoms with Crippen molar-refractivity contribution >= 4 is 16.2 Å². The van der Waals surface area contributed by atoms with Crippen LogP contribution >= 0.6 is 0 Å². The molecule has 1 saturated heterocycles. The summed E-state index contributed by atoms with van der Waals surface area (Å²) in [4.78, 5) is 11.3. The number of quaternary nitrogens is 1. The molecule has 0 aliphatic carbocycles. The van der Waals surface area contributed by atoms with Gasteiger partial charge in [0.1, 0.15) is 12.6 Å². The van der Waals surface area contributed by atoms with E-state index in [0.29, 0.717) is 13.0 Å². The Bertz CT molecular complexity index is 411. The maximum atomic E-state index is 11.3. The number of carbonyl (C=O) groups excluding carboxylic acids is 1. The highest BCUT2D eigenvalue weighted by atomic mass is 32.2. The fraction of sp³-hybridized carbons (Fsp3) is 0.900. The summed E-state index contributed by atoms with van der Waals surface area (Å²) in [7, 11) is -3.55. The predicted octanol–water partition coefficient (Wildman–Crippen LogP) is -0.306. The molecule has 2 atom stereocenters. The molecule has 1 fully saturated rings. The highest BCUT2D eigenvalue weighted by Crippen LogP contribution is 2.32. The van der Waals surface area contributed by atoms with Crippen molar-refractivity contribution in [3.63, 3.8) is 0 Å². The maximum Gasteiger partial charge on any atom is 0.264 e. The van der Waals surface area contributed by atoms with E-state index in [-0.39, 0.29) is 11.0 Å². The third-order valence-electron chi connectivity index (χ3n) is 3.29. The lowest BCUT2D eigenvalue weighted by atomic mass is 10.0. The van der Waals surface area contributed by atoms with Crippen molar-refractivity contribution in [2.75, 3.05) is 19.3 Å². The molecule has 0 N–H and O–H groups in total. The second-order valence-electron chi connectivity index (χ2n) is 5.52. The summed E-state index contributed by atoms with van der Waals surface area (Å²) in [6.07, 6.45) is -0.395. The van der Waals surface area contributed by atoms with E-state index in [1.54, 1.807) is 20.8 Å². The van der Waals surface area contributed by atoms with Gasteiger partial charge in [-0.05, 0) is 20.8 Å². The third-order valence-corrected chi connectivity index (χ3v) is 3.91. The van der Waals surface area contributed by atoms with Crippen molar-refractivity contribution in [1.29, 1.82) is 0 Å². The van der Waals surface area contributed by atoms with Crippen LogP contribution in [0.2, 0.25) is 0 Å². The number of hydrogen-bond acceptors (Lipinski definition) is 5. The predicted molar refractivity (Wildman–Crippen MR) is 59.5 cm³/mol. The van der Waals surface area contributed by atoms with Crippen LogP contribution in [0.3, 0.4) is 0 Å². The molecule has 100 valence electrons. The van der Waals surface area contributed by atoms with Crippen molar-refractivity contribution in [3.05, 3.63) is 0 Å². The van der Waals surface area contributed by atoms with Gasteiger partial charge in [0.05, 0.1) is 18.3 Å². The molecule has 17 heavy (non-hydrogen) atoms. The van der Waals surface area contributed by atoms with Crippen LogP contribution in [0.1, 0.15) is 27.2 Å². The van der Waals surface area contributed by atoms with Crippen LogP contribution in [-0.4, -0.2) is 50.0 Å². The average Bonchev–Trinajstić information content (AvgIpc) is 2.44. The number of carboxylic acid groups (broad SMARTS) is 1. The lowest BCUT2D eigenvalue weighted by Crippen LogP contribution is -2.66. The van der Waals surface area contributed by atoms with Crippen LogP contribution in [0.4, 0.5) is 4.79 Å². The lowest BCUT2D eigenvalue weighted by Gasteiger charge is -2.44. The Hall–Kier alpha value is -0.660. The van der Waals surface area contributed by atoms with Gasteiger partial charge in [0.2, 0.25) is 0 Å². The number of amides is 1. The number of likely N-dealkylation sites (tertiary alicyclic amines) is 1. The smallest absolute Gasteiger partial charge is 0.264 e. The Kier molecular flexibility index (Phi) is 3.58. The minimum absolute atomic E-state index is 0.124. The third kappa shape index (κ3) is 2.97. The van der Waals surface area contributed by atoms with E-state index in [0.717, 1.165) is 6.26 Å². The first-order chi connectivity index (χ1) is 7.48. The second kappa shape index (κ2) is 4.22. The van der Waals surface area contributed by atoms with Gasteiger partial charge in [-0.3, -0.25) is 8.67 Å². The minimum atomic E-state index is -3.55. The van der Waals surface area contributed by atoms with E-state index in [1.807, 2.05) is 0 Å². The summed E-state index contributed by atoms with van der Waals surface area (Å²) in [5, 5.41) is 11.3. The summed E-state index contributed by atoms with van der Waals surface area (Å²) in [5.41, 5.74) is -0.547. The van der Waals surface area contributed by atoms with Gasteiger partial charge in [-0.15, -0.1) is 0 Å². The molecule has 7 heteroatoms. The zero-order valence-corrected chi connectivity index (χ0v) is 11.4. The molecule has 0 radical (unpaired) electrons. The molecule has 0 spiro atoms. The van der Waals surface area contributed by atoms with E-state index in [9.17, 15) is 18.3 Å². The molecule has 1 unspecified atom stereocenters. The Labute approximate surface area is 102 Å². The van der Waals surface area contributed by atoms with Crippen molar-refractivity contribution in [2.45, 2.75) is 38.8 Å². The largest absolute Gasteiger partial charge is 0.498 e. The standard InChI is InChI=1S/C10H19NO5S/c1-10(2,3)11(9(12)13)6-5-8(7-11)16-17(4,14)15/h8H,5-7H2,1-4H3/t8-,11?/m0/s1. The Morgan fingerprint density at radius 2 is 1.94 bits per heavy atom. The molecule has 6 nitrogen and oxygen atoms in total. The summed E-state index contributed by atoms with van der Waals surface area (Å²) >= 11 is 0. The molecule has 0 saturated carbocycles. The summed E-state index contributed by atoms with van der Waals surface area (Å²) in [5.74, 6) is 0. The maximum absolute atomic E-state index is 11.3. The van der Waals surface area contributed by atoms with Crippen molar-refractivity contribution in [3.8, 4) is 0 Å². The summed E-state index contributed by atoms with van der Waals surface area (Å²) in [6, 6.07) is 0. The van der Waals surface area contributed by atoms with E-state index >= 15 is 0 Å². The van der Waals surface area contributed by atoms with Crippen LogP contribution in [-0.2, 0) is 14.3 Å². The fourth-order valence-electron chi connectivity index (χ4n) is 2.27. The van der Waals surface area contributed by atoms with Gasteiger partial charge in [0, 0.05) is 6.42 Å². The minimum Gasteiger partial charge on any atom is -0.498 e. The van der Waals surface area contributed by atoms with Crippen molar-refractivity contribution < 1.29 is 27.0 Å². The first-order valence-electron chi connectivity index (χ1n) is 5.45. The van der Waals surface area contributed by atoms with Crippen LogP contribution in [0, 0.1) is 0 Å². The van der Waals surface area contributed by atoms with Crippen LogP contribution in [0.5, 0.6) is 0 Å².